The summed E-state index contributed by atoms with van der Waals surface area (Å²) < 4.78 is 0. The van der Waals surface area contributed by atoms with Crippen LogP contribution in [-0.2, 0) is 0 Å². The Hall–Kier alpha value is -0.0800. The van der Waals surface area contributed by atoms with Crippen molar-refractivity contribution in [1.82, 2.24) is 0 Å². The predicted molar refractivity (Wildman–Crippen MR) is 84.2 cm³/mol. The van der Waals surface area contributed by atoms with E-state index in [1.165, 1.54) is 77.5 Å². The Kier molecular flexibility index (Phi) is 5.04. The van der Waals surface area contributed by atoms with Crippen LogP contribution < -0.4 is 9.80 Å². The standard InChI is InChI=1S/C18H34N2/c1-15-6-10-19(11-7-15)17-8-12-20(13-9-17)18-5-3-4-16(2)14-18/h15-18H,3-14H2,1-2H3/p+2/t16-,18-/m1/s1. The van der Waals surface area contributed by atoms with Crippen molar-refractivity contribution < 1.29 is 9.80 Å². The van der Waals surface area contributed by atoms with Crippen LogP contribution >= 0.6 is 0 Å². The molecule has 2 N–H and O–H groups in total. The largest absolute Gasteiger partial charge is 0.332 e. The van der Waals surface area contributed by atoms with Gasteiger partial charge in [-0.05, 0) is 37.5 Å². The summed E-state index contributed by atoms with van der Waals surface area (Å²) in [4.78, 5) is 3.93. The number of hydrogen-bond acceptors (Lipinski definition) is 0. The van der Waals surface area contributed by atoms with Gasteiger partial charge in [0.25, 0.3) is 0 Å². The smallest absolute Gasteiger partial charge is 0.0983 e. The average molecular weight is 280 g/mol. The van der Waals surface area contributed by atoms with E-state index in [2.05, 4.69) is 13.8 Å². The monoisotopic (exact) mass is 280 g/mol. The highest BCUT2D eigenvalue weighted by molar-refractivity contribution is 4.72. The Morgan fingerprint density at radius 2 is 1.20 bits per heavy atom. The van der Waals surface area contributed by atoms with Crippen molar-refractivity contribution in [2.24, 2.45) is 11.8 Å². The molecule has 2 aliphatic heterocycles. The molecule has 20 heavy (non-hydrogen) atoms. The maximum Gasteiger partial charge on any atom is 0.0983 e. The lowest BCUT2D eigenvalue weighted by molar-refractivity contribution is -0.971. The van der Waals surface area contributed by atoms with E-state index >= 15 is 0 Å². The number of nitrogens with one attached hydrogen (secondary N) is 2. The summed E-state index contributed by atoms with van der Waals surface area (Å²) in [6.45, 7) is 10.8. The van der Waals surface area contributed by atoms with Crippen molar-refractivity contribution in [3.63, 3.8) is 0 Å². The number of piperidine rings is 2. The molecule has 2 heterocycles. The maximum atomic E-state index is 2.47. The van der Waals surface area contributed by atoms with Gasteiger partial charge in [-0.2, -0.15) is 0 Å². The van der Waals surface area contributed by atoms with Crippen LogP contribution in [0.5, 0.6) is 0 Å². The molecular formula is C18H36N2+2. The SMILES string of the molecule is CC1CC[NH+](C2CC[NH+]([C@@H]3CCC[C@@H](C)C3)CC2)CC1. The number of hydrogen-bond donors (Lipinski definition) is 2. The fraction of sp³-hybridized carbons (Fsp3) is 1.00. The Bertz CT molecular complexity index is 288. The summed E-state index contributed by atoms with van der Waals surface area (Å²) in [5.74, 6) is 1.99. The molecule has 1 saturated carbocycles. The lowest BCUT2D eigenvalue weighted by Gasteiger charge is -2.41. The molecule has 0 unspecified atom stereocenters. The quantitative estimate of drug-likeness (QED) is 0.745. The lowest BCUT2D eigenvalue weighted by atomic mass is 9.85. The summed E-state index contributed by atoms with van der Waals surface area (Å²) in [6, 6.07) is 2.02. The molecule has 0 aromatic rings. The van der Waals surface area contributed by atoms with Gasteiger partial charge in [-0.1, -0.05) is 20.3 Å². The van der Waals surface area contributed by atoms with E-state index in [0.29, 0.717) is 0 Å². The van der Waals surface area contributed by atoms with Crippen LogP contribution in [0.1, 0.15) is 65.2 Å². The molecule has 2 heteroatoms. The van der Waals surface area contributed by atoms with Crippen LogP contribution in [0.3, 0.4) is 0 Å². The summed E-state index contributed by atoms with van der Waals surface area (Å²) in [5, 5.41) is 0. The fourth-order valence-corrected chi connectivity index (χ4v) is 5.15. The van der Waals surface area contributed by atoms with E-state index in [9.17, 15) is 0 Å². The third-order valence-electron chi connectivity index (χ3n) is 6.64. The second-order valence-electron chi connectivity index (χ2n) is 8.24. The van der Waals surface area contributed by atoms with E-state index in [4.69, 9.17) is 0 Å². The van der Waals surface area contributed by atoms with E-state index in [1.54, 1.807) is 0 Å². The van der Waals surface area contributed by atoms with Gasteiger partial charge in [0.2, 0.25) is 0 Å². The van der Waals surface area contributed by atoms with Gasteiger partial charge >= 0.3 is 0 Å². The Morgan fingerprint density at radius 1 is 0.600 bits per heavy atom. The number of rotatable bonds is 2. The molecule has 0 spiro atoms. The van der Waals surface area contributed by atoms with Gasteiger partial charge in [0.1, 0.15) is 0 Å². The van der Waals surface area contributed by atoms with E-state index in [1.807, 2.05) is 9.80 Å². The first-order valence-corrected chi connectivity index (χ1v) is 9.41. The van der Waals surface area contributed by atoms with E-state index < -0.39 is 0 Å². The molecule has 3 fully saturated rings. The molecule has 0 radical (unpaired) electrons. The Labute approximate surface area is 125 Å². The number of quaternary nitrogens is 2. The molecule has 0 amide bonds. The molecule has 2 saturated heterocycles. The van der Waals surface area contributed by atoms with Gasteiger partial charge in [0, 0.05) is 19.3 Å². The van der Waals surface area contributed by atoms with Crippen LogP contribution in [0.15, 0.2) is 0 Å². The topological polar surface area (TPSA) is 8.88 Å². The summed E-state index contributed by atoms with van der Waals surface area (Å²) in [7, 11) is 0. The van der Waals surface area contributed by atoms with Crippen LogP contribution in [0.4, 0.5) is 0 Å². The minimum absolute atomic E-state index is 0.994. The lowest BCUT2D eigenvalue weighted by Crippen LogP contribution is -3.22. The number of likely N-dealkylation sites (tertiary alicyclic amines) is 2. The summed E-state index contributed by atoms with van der Waals surface area (Å²) >= 11 is 0. The van der Waals surface area contributed by atoms with Crippen molar-refractivity contribution in [2.45, 2.75) is 77.3 Å². The molecule has 2 atom stereocenters. The van der Waals surface area contributed by atoms with Crippen molar-refractivity contribution >= 4 is 0 Å². The zero-order valence-electron chi connectivity index (χ0n) is 13.8. The van der Waals surface area contributed by atoms with Gasteiger partial charge in [-0.15, -0.1) is 0 Å². The van der Waals surface area contributed by atoms with Crippen molar-refractivity contribution in [1.29, 1.82) is 0 Å². The Balaban J connectivity index is 1.44. The van der Waals surface area contributed by atoms with Crippen LogP contribution in [-0.4, -0.2) is 38.3 Å². The highest BCUT2D eigenvalue weighted by Crippen LogP contribution is 2.22. The second-order valence-corrected chi connectivity index (χ2v) is 8.24. The first-order valence-electron chi connectivity index (χ1n) is 9.41. The van der Waals surface area contributed by atoms with E-state index in [-0.39, 0.29) is 0 Å². The second kappa shape index (κ2) is 6.79. The third-order valence-corrected chi connectivity index (χ3v) is 6.64. The predicted octanol–water partition coefficient (Wildman–Crippen LogP) is 0.927. The molecule has 116 valence electrons. The van der Waals surface area contributed by atoms with Crippen molar-refractivity contribution in [3.05, 3.63) is 0 Å². The molecular weight excluding hydrogens is 244 g/mol. The molecule has 0 aromatic carbocycles. The average Bonchev–Trinajstić information content (AvgIpc) is 2.48. The maximum absolute atomic E-state index is 2.47. The van der Waals surface area contributed by atoms with Crippen molar-refractivity contribution in [2.75, 3.05) is 26.2 Å². The van der Waals surface area contributed by atoms with Crippen LogP contribution in [0.2, 0.25) is 0 Å². The minimum Gasteiger partial charge on any atom is -0.332 e. The molecule has 3 aliphatic rings. The van der Waals surface area contributed by atoms with Crippen molar-refractivity contribution in [3.8, 4) is 0 Å². The van der Waals surface area contributed by atoms with E-state index in [0.717, 1.165) is 23.9 Å². The summed E-state index contributed by atoms with van der Waals surface area (Å²) in [6.07, 6.45) is 12.0. The molecule has 0 aromatic heterocycles. The fourth-order valence-electron chi connectivity index (χ4n) is 5.15. The van der Waals surface area contributed by atoms with Crippen LogP contribution in [0, 0.1) is 11.8 Å². The highest BCUT2D eigenvalue weighted by Gasteiger charge is 2.35. The first-order chi connectivity index (χ1) is 9.72. The summed E-state index contributed by atoms with van der Waals surface area (Å²) in [5.41, 5.74) is 0. The Morgan fingerprint density at radius 3 is 1.85 bits per heavy atom. The normalized spacial score (nSPS) is 47.1. The van der Waals surface area contributed by atoms with Gasteiger partial charge in [0.15, 0.2) is 0 Å². The minimum atomic E-state index is 0.994. The molecule has 0 bridgehead atoms. The highest BCUT2D eigenvalue weighted by atomic mass is 15.2. The van der Waals surface area contributed by atoms with Gasteiger partial charge in [-0.3, -0.25) is 0 Å². The van der Waals surface area contributed by atoms with Crippen LogP contribution in [0.25, 0.3) is 0 Å². The molecule has 1 aliphatic carbocycles. The van der Waals surface area contributed by atoms with Gasteiger partial charge in [-0.25, -0.2) is 0 Å². The van der Waals surface area contributed by atoms with Gasteiger partial charge < -0.3 is 9.80 Å². The third kappa shape index (κ3) is 3.57. The molecule has 2 nitrogen and oxygen atoms in total. The first kappa shape index (κ1) is 14.8. The zero-order chi connectivity index (χ0) is 13.9. The molecule has 3 rings (SSSR count). The zero-order valence-corrected chi connectivity index (χ0v) is 13.8. The van der Waals surface area contributed by atoms with Gasteiger partial charge in [0.05, 0.1) is 38.3 Å².